The molecule has 0 aromatic rings. The molecule has 5 heteroatoms. The van der Waals surface area contributed by atoms with Gasteiger partial charge < -0.3 is 15.7 Å². The van der Waals surface area contributed by atoms with Crippen LogP contribution < -0.4 is 10.6 Å². The Bertz CT molecular complexity index is 304. The number of rotatable bonds is 5. The number of carboxylic acid groups (broad SMARTS) is 1. The maximum Gasteiger partial charge on any atom is 0.326 e. The monoisotopic (exact) mass is 258 g/mol. The predicted octanol–water partition coefficient (Wildman–Crippen LogP) is 2.36. The van der Waals surface area contributed by atoms with Gasteiger partial charge >= 0.3 is 12.0 Å². The molecule has 0 aromatic carbocycles. The second-order valence-corrected chi connectivity index (χ2v) is 6.00. The number of amides is 2. The molecule has 18 heavy (non-hydrogen) atoms. The van der Waals surface area contributed by atoms with Gasteiger partial charge in [0.1, 0.15) is 6.04 Å². The van der Waals surface area contributed by atoms with Crippen molar-refractivity contribution >= 4 is 12.0 Å². The fourth-order valence-corrected chi connectivity index (χ4v) is 1.52. The molecule has 0 rings (SSSR count). The summed E-state index contributed by atoms with van der Waals surface area (Å²) in [7, 11) is 0. The minimum Gasteiger partial charge on any atom is -0.480 e. The van der Waals surface area contributed by atoms with Gasteiger partial charge in [-0.05, 0) is 25.2 Å². The zero-order chi connectivity index (χ0) is 14.6. The summed E-state index contributed by atoms with van der Waals surface area (Å²) in [6, 6.07) is -1.33. The zero-order valence-corrected chi connectivity index (χ0v) is 12.3. The molecule has 0 unspecified atom stereocenters. The van der Waals surface area contributed by atoms with E-state index in [1.54, 1.807) is 20.8 Å². The minimum atomic E-state index is -1.02. The molecule has 3 N–H and O–H groups in total. The summed E-state index contributed by atoms with van der Waals surface area (Å²) < 4.78 is 0. The highest BCUT2D eigenvalue weighted by atomic mass is 16.4. The molecule has 0 spiro atoms. The van der Waals surface area contributed by atoms with Crippen molar-refractivity contribution in [1.29, 1.82) is 0 Å². The van der Waals surface area contributed by atoms with E-state index in [9.17, 15) is 9.59 Å². The Kier molecular flexibility index (Phi) is 5.64. The molecule has 0 saturated carbocycles. The van der Waals surface area contributed by atoms with Crippen LogP contribution >= 0.6 is 0 Å². The Morgan fingerprint density at radius 3 is 1.83 bits per heavy atom. The van der Waals surface area contributed by atoms with Crippen molar-refractivity contribution in [2.45, 2.75) is 66.0 Å². The molecule has 0 saturated heterocycles. The number of carbonyl (C=O) groups excluding carboxylic acids is 1. The van der Waals surface area contributed by atoms with Crippen LogP contribution in [0.5, 0.6) is 0 Å². The van der Waals surface area contributed by atoms with Crippen LogP contribution in [0.2, 0.25) is 0 Å². The van der Waals surface area contributed by atoms with Crippen LogP contribution in [-0.2, 0) is 4.79 Å². The lowest BCUT2D eigenvalue weighted by atomic mass is 9.87. The second-order valence-electron chi connectivity index (χ2n) is 6.00. The highest BCUT2D eigenvalue weighted by molar-refractivity contribution is 5.83. The first kappa shape index (κ1) is 16.7. The van der Waals surface area contributed by atoms with E-state index in [1.165, 1.54) is 0 Å². The quantitative estimate of drug-likeness (QED) is 0.708. The van der Waals surface area contributed by atoms with E-state index < -0.39 is 23.5 Å². The van der Waals surface area contributed by atoms with Gasteiger partial charge in [-0.3, -0.25) is 0 Å². The van der Waals surface area contributed by atoms with Crippen LogP contribution in [-0.4, -0.2) is 28.7 Å². The third-order valence-electron chi connectivity index (χ3n) is 3.36. The molecule has 106 valence electrons. The summed E-state index contributed by atoms with van der Waals surface area (Å²) in [5.74, 6) is -1.02. The smallest absolute Gasteiger partial charge is 0.326 e. The molecule has 0 radical (unpaired) electrons. The highest BCUT2D eigenvalue weighted by Crippen LogP contribution is 2.20. The maximum atomic E-state index is 11.9. The van der Waals surface area contributed by atoms with Gasteiger partial charge in [0.25, 0.3) is 0 Å². The highest BCUT2D eigenvalue weighted by Gasteiger charge is 2.33. The second kappa shape index (κ2) is 6.07. The van der Waals surface area contributed by atoms with E-state index in [4.69, 9.17) is 5.11 Å². The fraction of sp³-hybridized carbons (Fsp3) is 0.846. The Morgan fingerprint density at radius 1 is 1.11 bits per heavy atom. The average molecular weight is 258 g/mol. The number of urea groups is 1. The van der Waals surface area contributed by atoms with Crippen molar-refractivity contribution in [1.82, 2.24) is 10.6 Å². The molecule has 0 heterocycles. The predicted molar refractivity (Wildman–Crippen MR) is 71.5 cm³/mol. The van der Waals surface area contributed by atoms with Gasteiger partial charge in [0.15, 0.2) is 0 Å². The molecule has 1 atom stereocenters. The lowest BCUT2D eigenvalue weighted by Gasteiger charge is -2.32. The van der Waals surface area contributed by atoms with Crippen LogP contribution in [0.1, 0.15) is 54.4 Å². The zero-order valence-electron chi connectivity index (χ0n) is 12.3. The largest absolute Gasteiger partial charge is 0.480 e. The summed E-state index contributed by atoms with van der Waals surface area (Å²) in [5, 5.41) is 14.5. The molecule has 0 bridgehead atoms. The molecule has 0 aliphatic rings. The third kappa shape index (κ3) is 4.94. The van der Waals surface area contributed by atoms with Gasteiger partial charge in [-0.2, -0.15) is 0 Å². The Hall–Kier alpha value is -1.26. The molecule has 5 nitrogen and oxygen atoms in total. The van der Waals surface area contributed by atoms with Gasteiger partial charge in [-0.15, -0.1) is 0 Å². The summed E-state index contributed by atoms with van der Waals surface area (Å²) in [6.07, 6.45) is 1.59. The summed E-state index contributed by atoms with van der Waals surface area (Å²) in [6.45, 7) is 11.3. The van der Waals surface area contributed by atoms with Crippen molar-refractivity contribution in [3.63, 3.8) is 0 Å². The van der Waals surface area contributed by atoms with Crippen LogP contribution in [0.4, 0.5) is 4.79 Å². The molecule has 0 fully saturated rings. The number of aliphatic carboxylic acids is 1. The minimum absolute atomic E-state index is 0.301. The SMILES string of the molecule is CCC(C)(CC)NC(=O)N[C@@H](C(=O)O)C(C)(C)C. The summed E-state index contributed by atoms with van der Waals surface area (Å²) >= 11 is 0. The third-order valence-corrected chi connectivity index (χ3v) is 3.36. The summed E-state index contributed by atoms with van der Waals surface area (Å²) in [4.78, 5) is 23.0. The Labute approximate surface area is 109 Å². The topological polar surface area (TPSA) is 78.4 Å². The number of carbonyl (C=O) groups is 2. The van der Waals surface area contributed by atoms with Crippen molar-refractivity contribution in [3.05, 3.63) is 0 Å². The first-order valence-corrected chi connectivity index (χ1v) is 6.37. The van der Waals surface area contributed by atoms with Gasteiger partial charge in [0.05, 0.1) is 0 Å². The van der Waals surface area contributed by atoms with E-state index >= 15 is 0 Å². The van der Waals surface area contributed by atoms with Gasteiger partial charge in [-0.25, -0.2) is 9.59 Å². The molecular weight excluding hydrogens is 232 g/mol. The van der Waals surface area contributed by atoms with Crippen LogP contribution in [0.15, 0.2) is 0 Å². The lowest BCUT2D eigenvalue weighted by molar-refractivity contribution is -0.141. The molecule has 0 aliphatic carbocycles. The first-order valence-electron chi connectivity index (χ1n) is 6.37. The normalized spacial score (nSPS) is 13.9. The first-order chi connectivity index (χ1) is 8.05. The van der Waals surface area contributed by atoms with Gasteiger partial charge in [0, 0.05) is 5.54 Å². The summed E-state index contributed by atoms with van der Waals surface area (Å²) in [5.41, 5.74) is -0.830. The van der Waals surface area contributed by atoms with Crippen LogP contribution in [0.25, 0.3) is 0 Å². The fourth-order valence-electron chi connectivity index (χ4n) is 1.52. The van der Waals surface area contributed by atoms with E-state index in [0.717, 1.165) is 12.8 Å². The number of nitrogens with one attached hydrogen (secondary N) is 2. The molecule has 0 aromatic heterocycles. The Balaban J connectivity index is 4.69. The standard InChI is InChI=1S/C13H26N2O3/c1-7-13(6,8-2)15-11(18)14-9(10(16)17)12(3,4)5/h9H,7-8H2,1-6H3,(H,16,17)(H2,14,15,18)/t9-/m0/s1. The van der Waals surface area contributed by atoms with E-state index in [1.807, 2.05) is 20.8 Å². The van der Waals surface area contributed by atoms with Crippen molar-refractivity contribution < 1.29 is 14.7 Å². The number of hydrogen-bond acceptors (Lipinski definition) is 2. The van der Waals surface area contributed by atoms with Gasteiger partial charge in [0.2, 0.25) is 0 Å². The van der Waals surface area contributed by atoms with Crippen molar-refractivity contribution in [3.8, 4) is 0 Å². The van der Waals surface area contributed by atoms with Crippen LogP contribution in [0, 0.1) is 5.41 Å². The van der Waals surface area contributed by atoms with Crippen molar-refractivity contribution in [2.75, 3.05) is 0 Å². The van der Waals surface area contributed by atoms with E-state index in [-0.39, 0.29) is 5.54 Å². The number of carboxylic acids is 1. The molecule has 2 amide bonds. The van der Waals surface area contributed by atoms with Crippen LogP contribution in [0.3, 0.4) is 0 Å². The molecule has 0 aliphatic heterocycles. The average Bonchev–Trinajstić information content (AvgIpc) is 2.23. The Morgan fingerprint density at radius 2 is 1.56 bits per heavy atom. The van der Waals surface area contributed by atoms with Crippen molar-refractivity contribution in [2.24, 2.45) is 5.41 Å². The van der Waals surface area contributed by atoms with E-state index in [0.29, 0.717) is 0 Å². The number of hydrogen-bond donors (Lipinski definition) is 3. The lowest BCUT2D eigenvalue weighted by Crippen LogP contribution is -2.56. The molecular formula is C13H26N2O3. The van der Waals surface area contributed by atoms with Gasteiger partial charge in [-0.1, -0.05) is 34.6 Å². The van der Waals surface area contributed by atoms with E-state index in [2.05, 4.69) is 10.6 Å². The maximum absolute atomic E-state index is 11.9.